The van der Waals surface area contributed by atoms with Gasteiger partial charge in [0, 0.05) is 23.3 Å². The lowest BCUT2D eigenvalue weighted by atomic mass is 10.1. The van der Waals surface area contributed by atoms with Crippen LogP contribution in [0.4, 0.5) is 5.69 Å². The number of rotatable bonds is 9. The van der Waals surface area contributed by atoms with E-state index in [4.69, 9.17) is 21.1 Å². The van der Waals surface area contributed by atoms with Crippen molar-refractivity contribution in [2.75, 3.05) is 25.1 Å². The van der Waals surface area contributed by atoms with E-state index in [9.17, 15) is 0 Å². The van der Waals surface area contributed by atoms with Crippen LogP contribution in [0.25, 0.3) is 0 Å². The summed E-state index contributed by atoms with van der Waals surface area (Å²) in [5, 5.41) is 4.08. The van der Waals surface area contributed by atoms with Crippen molar-refractivity contribution in [2.45, 2.75) is 27.2 Å². The molecule has 0 aliphatic rings. The Morgan fingerprint density at radius 1 is 1.04 bits per heavy atom. The molecule has 0 saturated heterocycles. The molecule has 0 bridgehead atoms. The van der Waals surface area contributed by atoms with Gasteiger partial charge < -0.3 is 14.8 Å². The van der Waals surface area contributed by atoms with Crippen molar-refractivity contribution < 1.29 is 9.47 Å². The molecule has 0 amide bonds. The smallest absolute Gasteiger partial charge is 0.122 e. The van der Waals surface area contributed by atoms with Gasteiger partial charge >= 0.3 is 0 Å². The first kappa shape index (κ1) is 18.5. The Labute approximate surface area is 149 Å². The number of hydrogen-bond donors (Lipinski definition) is 1. The van der Waals surface area contributed by atoms with E-state index >= 15 is 0 Å². The lowest BCUT2D eigenvalue weighted by molar-refractivity contribution is 0.289. The van der Waals surface area contributed by atoms with Gasteiger partial charge in [0.1, 0.15) is 18.1 Å². The van der Waals surface area contributed by atoms with Gasteiger partial charge in [0.25, 0.3) is 0 Å². The monoisotopic (exact) mass is 347 g/mol. The topological polar surface area (TPSA) is 30.5 Å². The number of hydrogen-bond acceptors (Lipinski definition) is 3. The Hall–Kier alpha value is -1.87. The zero-order valence-corrected chi connectivity index (χ0v) is 15.4. The molecule has 0 aromatic heterocycles. The summed E-state index contributed by atoms with van der Waals surface area (Å²) >= 11 is 5.95. The van der Waals surface area contributed by atoms with E-state index in [1.165, 1.54) is 0 Å². The van der Waals surface area contributed by atoms with Crippen molar-refractivity contribution in [2.24, 2.45) is 5.92 Å². The number of benzene rings is 2. The fourth-order valence-corrected chi connectivity index (χ4v) is 2.47. The average molecular weight is 348 g/mol. The summed E-state index contributed by atoms with van der Waals surface area (Å²) in [5.41, 5.74) is 2.08. The van der Waals surface area contributed by atoms with Crippen LogP contribution >= 0.6 is 11.6 Å². The maximum atomic E-state index is 5.95. The Bertz CT molecular complexity index is 643. The minimum absolute atomic E-state index is 0.584. The highest BCUT2D eigenvalue weighted by molar-refractivity contribution is 6.30. The molecular weight excluding hydrogens is 322 g/mol. The minimum atomic E-state index is 0.584. The zero-order chi connectivity index (χ0) is 17.4. The molecule has 0 aliphatic carbocycles. The largest absolute Gasteiger partial charge is 0.494 e. The summed E-state index contributed by atoms with van der Waals surface area (Å²) in [6.45, 7) is 8.44. The summed E-state index contributed by atoms with van der Waals surface area (Å²) in [7, 11) is 0. The molecule has 0 heterocycles. The fourth-order valence-electron chi connectivity index (χ4n) is 2.24. The van der Waals surface area contributed by atoms with Gasteiger partial charge in [-0.25, -0.2) is 0 Å². The Morgan fingerprint density at radius 2 is 1.88 bits per heavy atom. The maximum Gasteiger partial charge on any atom is 0.122 e. The van der Waals surface area contributed by atoms with Crippen LogP contribution in [0.15, 0.2) is 42.5 Å². The second-order valence-electron chi connectivity index (χ2n) is 6.24. The van der Waals surface area contributed by atoms with E-state index in [1.54, 1.807) is 0 Å². The van der Waals surface area contributed by atoms with Gasteiger partial charge in [0.2, 0.25) is 0 Å². The number of halogens is 1. The van der Waals surface area contributed by atoms with Gasteiger partial charge in [-0.1, -0.05) is 31.5 Å². The van der Waals surface area contributed by atoms with Gasteiger partial charge in [-0.2, -0.15) is 0 Å². The predicted octanol–water partition coefficient (Wildman–Crippen LogP) is 5.56. The summed E-state index contributed by atoms with van der Waals surface area (Å²) in [4.78, 5) is 0. The van der Waals surface area contributed by atoms with Crippen LogP contribution in [-0.2, 0) is 0 Å². The average Bonchev–Trinajstić information content (AvgIpc) is 2.53. The molecule has 0 radical (unpaired) electrons. The first-order valence-corrected chi connectivity index (χ1v) is 8.78. The first-order chi connectivity index (χ1) is 11.5. The van der Waals surface area contributed by atoms with Gasteiger partial charge in [-0.05, 0) is 55.2 Å². The molecule has 2 aromatic rings. The van der Waals surface area contributed by atoms with Crippen LogP contribution in [0.5, 0.6) is 11.5 Å². The second-order valence-corrected chi connectivity index (χ2v) is 6.68. The third-order valence-electron chi connectivity index (χ3n) is 3.62. The Kier molecular flexibility index (Phi) is 7.26. The van der Waals surface area contributed by atoms with E-state index < -0.39 is 0 Å². The van der Waals surface area contributed by atoms with Crippen LogP contribution in [-0.4, -0.2) is 19.8 Å². The molecule has 24 heavy (non-hydrogen) atoms. The molecular formula is C20H26ClNO2. The standard InChI is InChI=1S/C20H26ClNO2/c1-15(2)9-11-23-19-6-4-5-18(14-19)22-10-12-24-20-8-7-17(21)13-16(20)3/h4-8,13-15,22H,9-12H2,1-3H3. The van der Waals surface area contributed by atoms with Crippen LogP contribution in [0.1, 0.15) is 25.8 Å². The Morgan fingerprint density at radius 3 is 2.62 bits per heavy atom. The van der Waals surface area contributed by atoms with Crippen molar-refractivity contribution in [3.05, 3.63) is 53.1 Å². The van der Waals surface area contributed by atoms with Crippen LogP contribution in [0, 0.1) is 12.8 Å². The quantitative estimate of drug-likeness (QED) is 0.602. The number of aryl methyl sites for hydroxylation is 1. The minimum Gasteiger partial charge on any atom is -0.494 e. The third-order valence-corrected chi connectivity index (χ3v) is 3.86. The van der Waals surface area contributed by atoms with Gasteiger partial charge in [-0.3, -0.25) is 0 Å². The molecule has 0 aliphatic heterocycles. The zero-order valence-electron chi connectivity index (χ0n) is 14.6. The number of anilines is 1. The van der Waals surface area contributed by atoms with Crippen molar-refractivity contribution in [1.29, 1.82) is 0 Å². The third kappa shape index (κ3) is 6.32. The highest BCUT2D eigenvalue weighted by Gasteiger charge is 2.01. The van der Waals surface area contributed by atoms with Crippen molar-refractivity contribution in [1.82, 2.24) is 0 Å². The second kappa shape index (κ2) is 9.43. The van der Waals surface area contributed by atoms with Crippen molar-refractivity contribution in [3.63, 3.8) is 0 Å². The van der Waals surface area contributed by atoms with E-state index in [0.29, 0.717) is 12.5 Å². The molecule has 4 heteroatoms. The molecule has 0 unspecified atom stereocenters. The van der Waals surface area contributed by atoms with Gasteiger partial charge in [0.15, 0.2) is 0 Å². The lowest BCUT2D eigenvalue weighted by Crippen LogP contribution is -2.12. The van der Waals surface area contributed by atoms with Crippen molar-refractivity contribution >= 4 is 17.3 Å². The maximum absolute atomic E-state index is 5.95. The van der Waals surface area contributed by atoms with E-state index in [2.05, 4.69) is 19.2 Å². The molecule has 0 atom stereocenters. The summed E-state index contributed by atoms with van der Waals surface area (Å²) < 4.78 is 11.6. The normalized spacial score (nSPS) is 10.7. The highest BCUT2D eigenvalue weighted by atomic mass is 35.5. The predicted molar refractivity (Wildman–Crippen MR) is 102 cm³/mol. The van der Waals surface area contributed by atoms with Crippen molar-refractivity contribution in [3.8, 4) is 11.5 Å². The highest BCUT2D eigenvalue weighted by Crippen LogP contribution is 2.22. The molecule has 2 aromatic carbocycles. The van der Waals surface area contributed by atoms with E-state index in [0.717, 1.165) is 47.3 Å². The Balaban J connectivity index is 1.75. The lowest BCUT2D eigenvalue weighted by Gasteiger charge is -2.12. The summed E-state index contributed by atoms with van der Waals surface area (Å²) in [6, 6.07) is 13.7. The molecule has 0 spiro atoms. The molecule has 2 rings (SSSR count). The molecule has 0 fully saturated rings. The van der Waals surface area contributed by atoms with Crippen LogP contribution < -0.4 is 14.8 Å². The molecule has 1 N–H and O–H groups in total. The van der Waals surface area contributed by atoms with E-state index in [1.807, 2.05) is 49.4 Å². The molecule has 130 valence electrons. The molecule has 0 saturated carbocycles. The number of nitrogens with one attached hydrogen (secondary N) is 1. The van der Waals surface area contributed by atoms with Crippen LogP contribution in [0.2, 0.25) is 5.02 Å². The van der Waals surface area contributed by atoms with Gasteiger partial charge in [-0.15, -0.1) is 0 Å². The number of ether oxygens (including phenoxy) is 2. The summed E-state index contributed by atoms with van der Waals surface area (Å²) in [5.74, 6) is 2.42. The van der Waals surface area contributed by atoms with Gasteiger partial charge in [0.05, 0.1) is 6.61 Å². The SMILES string of the molecule is Cc1cc(Cl)ccc1OCCNc1cccc(OCCC(C)C)c1. The summed E-state index contributed by atoms with van der Waals surface area (Å²) in [6.07, 6.45) is 1.06. The fraction of sp³-hybridized carbons (Fsp3) is 0.400. The van der Waals surface area contributed by atoms with E-state index in [-0.39, 0.29) is 0 Å². The van der Waals surface area contributed by atoms with Crippen LogP contribution in [0.3, 0.4) is 0 Å². The molecule has 3 nitrogen and oxygen atoms in total. The first-order valence-electron chi connectivity index (χ1n) is 8.40.